The molecular formula is C13H8ClF3IN. The molecule has 6 heteroatoms. The Hall–Kier alpha value is -0.950. The van der Waals surface area contributed by atoms with Gasteiger partial charge in [0.05, 0.1) is 10.7 Å². The molecule has 0 radical (unpaired) electrons. The van der Waals surface area contributed by atoms with Gasteiger partial charge in [0.25, 0.3) is 0 Å². The van der Waals surface area contributed by atoms with Gasteiger partial charge in [0.15, 0.2) is 11.6 Å². The lowest BCUT2D eigenvalue weighted by Gasteiger charge is -2.10. The molecule has 0 unspecified atom stereocenters. The molecule has 0 aliphatic carbocycles. The van der Waals surface area contributed by atoms with E-state index < -0.39 is 17.5 Å². The van der Waals surface area contributed by atoms with Crippen LogP contribution in [-0.2, 0) is 6.54 Å². The highest BCUT2D eigenvalue weighted by molar-refractivity contribution is 14.1. The predicted molar refractivity (Wildman–Crippen MR) is 77.8 cm³/mol. The summed E-state index contributed by atoms with van der Waals surface area (Å²) in [5.41, 5.74) is 0.639. The lowest BCUT2D eigenvalue weighted by Crippen LogP contribution is -2.04. The average Bonchev–Trinajstić information content (AvgIpc) is 2.34. The third kappa shape index (κ3) is 3.54. The monoisotopic (exact) mass is 397 g/mol. The van der Waals surface area contributed by atoms with Crippen molar-refractivity contribution in [3.63, 3.8) is 0 Å². The summed E-state index contributed by atoms with van der Waals surface area (Å²) in [5, 5.41) is 3.36. The molecular weight excluding hydrogens is 390 g/mol. The Kier molecular flexibility index (Phi) is 4.57. The van der Waals surface area contributed by atoms with Crippen LogP contribution in [0.5, 0.6) is 0 Å². The lowest BCUT2D eigenvalue weighted by atomic mass is 10.2. The minimum atomic E-state index is -1.20. The molecule has 0 aliphatic heterocycles. The van der Waals surface area contributed by atoms with Crippen LogP contribution in [0.15, 0.2) is 30.3 Å². The van der Waals surface area contributed by atoms with Gasteiger partial charge in [0.1, 0.15) is 5.82 Å². The molecule has 0 saturated carbocycles. The number of nitrogens with one attached hydrogen (secondary N) is 1. The van der Waals surface area contributed by atoms with Gasteiger partial charge in [-0.2, -0.15) is 0 Å². The summed E-state index contributed by atoms with van der Waals surface area (Å²) in [6, 6.07) is 6.67. The van der Waals surface area contributed by atoms with Gasteiger partial charge in [-0.1, -0.05) is 11.6 Å². The molecule has 0 atom stereocenters. The molecule has 0 aliphatic rings. The van der Waals surface area contributed by atoms with Crippen molar-refractivity contribution >= 4 is 39.9 Å². The second-order valence-corrected chi connectivity index (χ2v) is 5.49. The molecule has 0 fully saturated rings. The van der Waals surface area contributed by atoms with Crippen LogP contribution < -0.4 is 5.32 Å². The number of anilines is 1. The van der Waals surface area contributed by atoms with Crippen LogP contribution in [0.2, 0.25) is 5.02 Å². The Balaban J connectivity index is 2.16. The van der Waals surface area contributed by atoms with E-state index in [2.05, 4.69) is 27.9 Å². The van der Waals surface area contributed by atoms with Crippen molar-refractivity contribution in [3.05, 3.63) is 61.9 Å². The summed E-state index contributed by atoms with van der Waals surface area (Å²) in [4.78, 5) is 0. The number of hydrogen-bond donors (Lipinski definition) is 1. The zero-order valence-electron chi connectivity index (χ0n) is 9.48. The fraction of sp³-hybridized carbons (Fsp3) is 0.0769. The van der Waals surface area contributed by atoms with Crippen molar-refractivity contribution in [2.24, 2.45) is 0 Å². The van der Waals surface area contributed by atoms with Gasteiger partial charge in [-0.05, 0) is 46.9 Å². The highest BCUT2D eigenvalue weighted by atomic mass is 127. The van der Waals surface area contributed by atoms with E-state index in [0.717, 1.165) is 9.64 Å². The lowest BCUT2D eigenvalue weighted by molar-refractivity contribution is 0.490. The molecule has 0 heterocycles. The molecule has 0 amide bonds. The first-order valence-electron chi connectivity index (χ1n) is 5.29. The van der Waals surface area contributed by atoms with Crippen molar-refractivity contribution in [3.8, 4) is 0 Å². The van der Waals surface area contributed by atoms with Crippen LogP contribution in [-0.4, -0.2) is 0 Å². The Morgan fingerprint density at radius 2 is 1.68 bits per heavy atom. The summed E-state index contributed by atoms with van der Waals surface area (Å²) >= 11 is 8.11. The van der Waals surface area contributed by atoms with Crippen molar-refractivity contribution in [2.75, 3.05) is 5.32 Å². The van der Waals surface area contributed by atoms with E-state index in [0.29, 0.717) is 16.8 Å². The maximum Gasteiger partial charge on any atom is 0.161 e. The number of halogens is 5. The van der Waals surface area contributed by atoms with Gasteiger partial charge in [-0.15, -0.1) is 0 Å². The van der Waals surface area contributed by atoms with Gasteiger partial charge in [-0.25, -0.2) is 13.2 Å². The standard InChI is InChI=1S/C13H8ClF3IN/c14-9-4-8(18)1-2-13(9)19-6-7-3-11(16)12(17)5-10(7)15/h1-5,19H,6H2. The second kappa shape index (κ2) is 6.00. The van der Waals surface area contributed by atoms with E-state index in [-0.39, 0.29) is 12.1 Å². The first kappa shape index (κ1) is 14.5. The van der Waals surface area contributed by atoms with Crippen LogP contribution in [0.3, 0.4) is 0 Å². The minimum Gasteiger partial charge on any atom is -0.380 e. The molecule has 0 spiro atoms. The van der Waals surface area contributed by atoms with Crippen LogP contribution >= 0.6 is 34.2 Å². The van der Waals surface area contributed by atoms with Crippen molar-refractivity contribution < 1.29 is 13.2 Å². The van der Waals surface area contributed by atoms with Gasteiger partial charge in [0, 0.05) is 21.7 Å². The Morgan fingerprint density at radius 3 is 2.37 bits per heavy atom. The predicted octanol–water partition coefficient (Wildman–Crippen LogP) is 4.97. The third-order valence-corrected chi connectivity index (χ3v) is 3.47. The first-order chi connectivity index (χ1) is 8.97. The van der Waals surface area contributed by atoms with Gasteiger partial charge >= 0.3 is 0 Å². The number of hydrogen-bond acceptors (Lipinski definition) is 1. The molecule has 100 valence electrons. The van der Waals surface area contributed by atoms with E-state index in [4.69, 9.17) is 11.6 Å². The largest absolute Gasteiger partial charge is 0.380 e. The van der Waals surface area contributed by atoms with Crippen molar-refractivity contribution in [1.29, 1.82) is 0 Å². The highest BCUT2D eigenvalue weighted by Crippen LogP contribution is 2.25. The van der Waals surface area contributed by atoms with Crippen LogP contribution in [0.25, 0.3) is 0 Å². The molecule has 0 bridgehead atoms. The smallest absolute Gasteiger partial charge is 0.161 e. The molecule has 2 rings (SSSR count). The van der Waals surface area contributed by atoms with Crippen LogP contribution in [0, 0.1) is 21.0 Å². The fourth-order valence-corrected chi connectivity index (χ4v) is 2.45. The quantitative estimate of drug-likeness (QED) is 0.569. The number of benzene rings is 2. The van der Waals surface area contributed by atoms with E-state index in [1.165, 1.54) is 0 Å². The fourth-order valence-electron chi connectivity index (χ4n) is 1.52. The molecule has 2 aromatic carbocycles. The summed E-state index contributed by atoms with van der Waals surface area (Å²) < 4.78 is 40.2. The maximum absolute atomic E-state index is 13.4. The van der Waals surface area contributed by atoms with E-state index in [1.807, 2.05) is 6.07 Å². The molecule has 1 nitrogen and oxygen atoms in total. The van der Waals surface area contributed by atoms with Crippen molar-refractivity contribution in [2.45, 2.75) is 6.54 Å². The van der Waals surface area contributed by atoms with Gasteiger partial charge in [0.2, 0.25) is 0 Å². The Bertz CT molecular complexity index is 619. The summed E-state index contributed by atoms with van der Waals surface area (Å²) in [6.45, 7) is 0.0172. The molecule has 2 aromatic rings. The van der Waals surface area contributed by atoms with Gasteiger partial charge < -0.3 is 5.32 Å². The topological polar surface area (TPSA) is 12.0 Å². The molecule has 1 N–H and O–H groups in total. The summed E-state index contributed by atoms with van der Waals surface area (Å²) in [6.07, 6.45) is 0. The Morgan fingerprint density at radius 1 is 1.00 bits per heavy atom. The SMILES string of the molecule is Fc1cc(F)c(CNc2ccc(I)cc2Cl)cc1F. The molecule has 19 heavy (non-hydrogen) atoms. The molecule has 0 saturated heterocycles. The van der Waals surface area contributed by atoms with Crippen LogP contribution in [0.1, 0.15) is 5.56 Å². The summed E-state index contributed by atoms with van der Waals surface area (Å²) in [5.74, 6) is -3.08. The first-order valence-corrected chi connectivity index (χ1v) is 6.75. The molecule has 0 aromatic heterocycles. The Labute approximate surface area is 126 Å². The average molecular weight is 398 g/mol. The van der Waals surface area contributed by atoms with E-state index in [1.54, 1.807) is 12.1 Å². The van der Waals surface area contributed by atoms with E-state index >= 15 is 0 Å². The normalized spacial score (nSPS) is 10.6. The number of rotatable bonds is 3. The minimum absolute atomic E-state index is 0.0172. The van der Waals surface area contributed by atoms with Crippen LogP contribution in [0.4, 0.5) is 18.9 Å². The summed E-state index contributed by atoms with van der Waals surface area (Å²) in [7, 11) is 0. The van der Waals surface area contributed by atoms with E-state index in [9.17, 15) is 13.2 Å². The zero-order chi connectivity index (χ0) is 14.0. The highest BCUT2D eigenvalue weighted by Gasteiger charge is 2.10. The van der Waals surface area contributed by atoms with Gasteiger partial charge in [-0.3, -0.25) is 0 Å². The zero-order valence-corrected chi connectivity index (χ0v) is 12.4. The maximum atomic E-state index is 13.4. The van der Waals surface area contributed by atoms with Crippen molar-refractivity contribution in [1.82, 2.24) is 0 Å². The third-order valence-electron chi connectivity index (χ3n) is 2.49. The second-order valence-electron chi connectivity index (χ2n) is 3.84.